The van der Waals surface area contributed by atoms with Crippen molar-refractivity contribution in [2.75, 3.05) is 32.7 Å². The van der Waals surface area contributed by atoms with Gasteiger partial charge in [-0.25, -0.2) is 8.42 Å². The first-order chi connectivity index (χ1) is 12.4. The summed E-state index contributed by atoms with van der Waals surface area (Å²) >= 11 is 0. The van der Waals surface area contributed by atoms with E-state index in [2.05, 4.69) is 5.32 Å². The zero-order chi connectivity index (χ0) is 18.6. The smallest absolute Gasteiger partial charge is 0.231 e. The Labute approximate surface area is 153 Å². The van der Waals surface area contributed by atoms with Crippen LogP contribution in [-0.2, 0) is 26.1 Å². The van der Waals surface area contributed by atoms with Gasteiger partial charge in [0.15, 0.2) is 11.5 Å². The number of sulfonamides is 1. The van der Waals surface area contributed by atoms with Crippen LogP contribution in [0, 0.1) is 0 Å². The van der Waals surface area contributed by atoms with E-state index in [1.54, 1.807) is 18.2 Å². The monoisotopic (exact) mass is 384 g/mol. The average Bonchev–Trinajstić information content (AvgIpc) is 3.26. The molecule has 1 fully saturated rings. The summed E-state index contributed by atoms with van der Waals surface area (Å²) in [6.07, 6.45) is 3.27. The van der Waals surface area contributed by atoms with Crippen molar-refractivity contribution in [2.24, 2.45) is 0 Å². The van der Waals surface area contributed by atoms with Crippen molar-refractivity contribution in [3.63, 3.8) is 0 Å². The first-order valence-electron chi connectivity index (χ1n) is 8.64. The molecule has 3 rings (SSSR count). The minimum absolute atomic E-state index is 0.0681. The number of ether oxygens (including phenoxy) is 3. The fourth-order valence-electron chi connectivity index (χ4n) is 2.95. The predicted octanol–water partition coefficient (Wildman–Crippen LogP) is 0.862. The maximum absolute atomic E-state index is 12.1. The molecule has 0 aromatic heterocycles. The molecule has 8 nitrogen and oxygen atoms in total. The Morgan fingerprint density at radius 3 is 2.85 bits per heavy atom. The summed E-state index contributed by atoms with van der Waals surface area (Å²) in [5.41, 5.74) is 0.777. The molecule has 0 radical (unpaired) electrons. The van der Waals surface area contributed by atoms with E-state index >= 15 is 0 Å². The number of fused-ring (bicyclic) bond motifs is 1. The lowest BCUT2D eigenvalue weighted by atomic mass is 10.2. The van der Waals surface area contributed by atoms with Gasteiger partial charge in [0.05, 0.1) is 12.4 Å². The fraction of sp³-hybridized carbons (Fsp3) is 0.588. The van der Waals surface area contributed by atoms with Crippen LogP contribution in [0.2, 0.25) is 0 Å². The highest BCUT2D eigenvalue weighted by molar-refractivity contribution is 7.88. The minimum Gasteiger partial charge on any atom is -0.454 e. The van der Waals surface area contributed by atoms with Crippen molar-refractivity contribution in [1.82, 2.24) is 9.62 Å². The number of carbonyl (C=O) groups excluding carboxylic acids is 1. The van der Waals surface area contributed by atoms with E-state index in [9.17, 15) is 13.2 Å². The third-order valence-electron chi connectivity index (χ3n) is 4.40. The second kappa shape index (κ2) is 8.24. The molecule has 2 heterocycles. The lowest BCUT2D eigenvalue weighted by molar-refractivity contribution is -0.121. The molecule has 1 unspecified atom stereocenters. The number of rotatable bonds is 8. The molecule has 1 saturated heterocycles. The molecular weight excluding hydrogens is 360 g/mol. The van der Waals surface area contributed by atoms with E-state index in [0.717, 1.165) is 31.3 Å². The molecule has 144 valence electrons. The van der Waals surface area contributed by atoms with Crippen LogP contribution >= 0.6 is 0 Å². The van der Waals surface area contributed by atoms with Crippen molar-refractivity contribution in [1.29, 1.82) is 0 Å². The summed E-state index contributed by atoms with van der Waals surface area (Å²) in [6, 6.07) is 5.31. The van der Waals surface area contributed by atoms with E-state index in [1.165, 1.54) is 4.31 Å². The number of nitrogens with one attached hydrogen (secondary N) is 1. The second-order valence-electron chi connectivity index (χ2n) is 6.47. The van der Waals surface area contributed by atoms with Crippen molar-refractivity contribution in [3.05, 3.63) is 23.8 Å². The Morgan fingerprint density at radius 2 is 2.12 bits per heavy atom. The van der Waals surface area contributed by atoms with E-state index in [1.807, 2.05) is 0 Å². The Morgan fingerprint density at radius 1 is 1.31 bits per heavy atom. The Kier molecular flexibility index (Phi) is 6.00. The molecule has 0 aliphatic carbocycles. The Bertz CT molecular complexity index is 746. The topological polar surface area (TPSA) is 94.2 Å². The molecule has 0 saturated carbocycles. The van der Waals surface area contributed by atoms with Crippen LogP contribution < -0.4 is 14.8 Å². The van der Waals surface area contributed by atoms with E-state index in [4.69, 9.17) is 14.2 Å². The Hall–Kier alpha value is -1.84. The van der Waals surface area contributed by atoms with E-state index in [0.29, 0.717) is 18.0 Å². The molecule has 1 N–H and O–H groups in total. The molecule has 2 aliphatic rings. The number of nitrogens with zero attached hydrogens (tertiary/aromatic N) is 1. The molecular formula is C17H24N2O6S. The van der Waals surface area contributed by atoms with Gasteiger partial charge in [-0.05, 0) is 30.5 Å². The summed E-state index contributed by atoms with van der Waals surface area (Å²) in [6.45, 7) is 1.66. The number of amides is 1. The maximum atomic E-state index is 12.1. The van der Waals surface area contributed by atoms with Crippen LogP contribution in [0.4, 0.5) is 0 Å². The van der Waals surface area contributed by atoms with E-state index in [-0.39, 0.29) is 38.3 Å². The number of hydrogen-bond acceptors (Lipinski definition) is 6. The SMILES string of the molecule is CS(=O)(=O)N(CCC(=O)NCC1CCCO1)Cc1ccc2c(c1)OCO2. The van der Waals surface area contributed by atoms with Crippen molar-refractivity contribution < 1.29 is 27.4 Å². The standard InChI is InChI=1S/C17H24N2O6S/c1-26(21,22)19(7-6-17(20)18-10-14-3-2-8-23-14)11-13-4-5-15-16(9-13)25-12-24-15/h4-5,9,14H,2-3,6-8,10-12H2,1H3,(H,18,20). The van der Waals surface area contributed by atoms with Crippen molar-refractivity contribution in [3.8, 4) is 11.5 Å². The molecule has 1 atom stereocenters. The van der Waals surface area contributed by atoms with Gasteiger partial charge in [-0.15, -0.1) is 0 Å². The first kappa shape index (κ1) is 18.9. The lowest BCUT2D eigenvalue weighted by Gasteiger charge is -2.20. The van der Waals surface area contributed by atoms with Gasteiger partial charge in [0.1, 0.15) is 0 Å². The van der Waals surface area contributed by atoms with Crippen LogP contribution in [0.3, 0.4) is 0 Å². The Balaban J connectivity index is 1.53. The largest absolute Gasteiger partial charge is 0.454 e. The van der Waals surface area contributed by atoms with Crippen LogP contribution in [0.1, 0.15) is 24.8 Å². The van der Waals surface area contributed by atoms with Gasteiger partial charge in [-0.2, -0.15) is 4.31 Å². The van der Waals surface area contributed by atoms with Gasteiger partial charge in [0, 0.05) is 32.7 Å². The highest BCUT2D eigenvalue weighted by Gasteiger charge is 2.21. The van der Waals surface area contributed by atoms with Gasteiger partial charge in [0.2, 0.25) is 22.7 Å². The molecule has 0 spiro atoms. The number of benzene rings is 1. The summed E-state index contributed by atoms with van der Waals surface area (Å²) in [4.78, 5) is 12.0. The molecule has 1 aromatic carbocycles. The quantitative estimate of drug-likeness (QED) is 0.715. The summed E-state index contributed by atoms with van der Waals surface area (Å²) < 4.78 is 41.5. The summed E-state index contributed by atoms with van der Waals surface area (Å²) in [7, 11) is -3.45. The molecule has 2 aliphatic heterocycles. The molecule has 0 bridgehead atoms. The zero-order valence-corrected chi connectivity index (χ0v) is 15.6. The number of carbonyl (C=O) groups is 1. The zero-order valence-electron chi connectivity index (χ0n) is 14.8. The fourth-order valence-corrected chi connectivity index (χ4v) is 3.76. The van der Waals surface area contributed by atoms with Gasteiger partial charge in [-0.1, -0.05) is 6.07 Å². The van der Waals surface area contributed by atoms with Gasteiger partial charge in [-0.3, -0.25) is 4.79 Å². The molecule has 1 aromatic rings. The van der Waals surface area contributed by atoms with Gasteiger partial charge in [0.25, 0.3) is 0 Å². The normalized spacial score (nSPS) is 19.1. The van der Waals surface area contributed by atoms with Crippen LogP contribution in [0.25, 0.3) is 0 Å². The molecule has 1 amide bonds. The van der Waals surface area contributed by atoms with Crippen molar-refractivity contribution >= 4 is 15.9 Å². The lowest BCUT2D eigenvalue weighted by Crippen LogP contribution is -2.36. The highest BCUT2D eigenvalue weighted by Crippen LogP contribution is 2.32. The molecule has 9 heteroatoms. The van der Waals surface area contributed by atoms with Crippen LogP contribution in [0.15, 0.2) is 18.2 Å². The average molecular weight is 384 g/mol. The second-order valence-corrected chi connectivity index (χ2v) is 8.46. The number of hydrogen-bond donors (Lipinski definition) is 1. The summed E-state index contributed by atoms with van der Waals surface area (Å²) in [5.74, 6) is 1.07. The highest BCUT2D eigenvalue weighted by atomic mass is 32.2. The predicted molar refractivity (Wildman–Crippen MR) is 94.4 cm³/mol. The molecule has 26 heavy (non-hydrogen) atoms. The van der Waals surface area contributed by atoms with E-state index < -0.39 is 10.0 Å². The third kappa shape index (κ3) is 5.09. The third-order valence-corrected chi connectivity index (χ3v) is 5.65. The van der Waals surface area contributed by atoms with Crippen LogP contribution in [0.5, 0.6) is 11.5 Å². The maximum Gasteiger partial charge on any atom is 0.231 e. The van der Waals surface area contributed by atoms with Crippen molar-refractivity contribution in [2.45, 2.75) is 31.9 Å². The first-order valence-corrected chi connectivity index (χ1v) is 10.5. The van der Waals surface area contributed by atoms with Crippen LogP contribution in [-0.4, -0.2) is 57.5 Å². The van der Waals surface area contributed by atoms with Gasteiger partial charge < -0.3 is 19.5 Å². The minimum atomic E-state index is -3.45. The van der Waals surface area contributed by atoms with Gasteiger partial charge >= 0.3 is 0 Å². The summed E-state index contributed by atoms with van der Waals surface area (Å²) in [5, 5.41) is 2.81.